The summed E-state index contributed by atoms with van der Waals surface area (Å²) in [7, 11) is 0. The molecule has 0 amide bonds. The number of alkyl halides is 6. The SMILES string of the molecule is O=C(C1=C2Sc3ccccc3N2C(O)(C(F)(F)F)C(C(=O)C(F)(F)F)=C1)c1ccccc1. The molecule has 0 saturated carbocycles. The highest BCUT2D eigenvalue weighted by Gasteiger charge is 2.68. The second kappa shape index (κ2) is 7.24. The quantitative estimate of drug-likeness (QED) is 0.504. The van der Waals surface area contributed by atoms with E-state index in [1.54, 1.807) is 6.07 Å². The zero-order chi connectivity index (χ0) is 23.5. The molecule has 32 heavy (non-hydrogen) atoms. The third-order valence-electron chi connectivity index (χ3n) is 4.91. The molecule has 1 N–H and O–H groups in total. The molecular formula is C21H11F6NO3S. The normalized spacial score (nSPS) is 20.6. The van der Waals surface area contributed by atoms with E-state index in [2.05, 4.69) is 0 Å². The van der Waals surface area contributed by atoms with Gasteiger partial charge in [-0.15, -0.1) is 0 Å². The molecule has 4 nitrogen and oxygen atoms in total. The van der Waals surface area contributed by atoms with Gasteiger partial charge >= 0.3 is 12.4 Å². The third kappa shape index (κ3) is 3.23. The van der Waals surface area contributed by atoms with Gasteiger partial charge in [0.25, 0.3) is 11.5 Å². The van der Waals surface area contributed by atoms with Crippen LogP contribution in [-0.4, -0.2) is 34.8 Å². The van der Waals surface area contributed by atoms with Crippen LogP contribution < -0.4 is 4.90 Å². The molecule has 0 aromatic heterocycles. The first-order chi connectivity index (χ1) is 14.9. The number of aliphatic hydroxyl groups is 1. The summed E-state index contributed by atoms with van der Waals surface area (Å²) >= 11 is 0.678. The molecular weight excluding hydrogens is 460 g/mol. The number of para-hydroxylation sites is 1. The van der Waals surface area contributed by atoms with Crippen LogP contribution in [0.2, 0.25) is 0 Å². The monoisotopic (exact) mass is 471 g/mol. The Labute approximate surface area is 180 Å². The molecule has 1 unspecified atom stereocenters. The number of thioether (sulfide) groups is 1. The number of allylic oxidation sites excluding steroid dienone is 2. The van der Waals surface area contributed by atoms with E-state index in [-0.39, 0.29) is 27.1 Å². The van der Waals surface area contributed by atoms with E-state index in [9.17, 15) is 41.0 Å². The number of nitrogens with zero attached hydrogens (tertiary/aromatic N) is 1. The molecule has 2 aliphatic rings. The van der Waals surface area contributed by atoms with Crippen LogP contribution >= 0.6 is 11.8 Å². The van der Waals surface area contributed by atoms with E-state index in [0.29, 0.717) is 11.8 Å². The van der Waals surface area contributed by atoms with Crippen molar-refractivity contribution in [2.24, 2.45) is 0 Å². The number of carbonyl (C=O) groups excluding carboxylic acids is 2. The predicted molar refractivity (Wildman–Crippen MR) is 103 cm³/mol. The van der Waals surface area contributed by atoms with Crippen molar-refractivity contribution >= 4 is 29.0 Å². The zero-order valence-corrected chi connectivity index (χ0v) is 16.5. The number of ketones is 2. The van der Waals surface area contributed by atoms with E-state index in [4.69, 9.17) is 0 Å². The Balaban J connectivity index is 2.04. The average Bonchev–Trinajstić information content (AvgIpc) is 3.12. The molecule has 0 radical (unpaired) electrons. The highest BCUT2D eigenvalue weighted by atomic mass is 32.2. The predicted octanol–water partition coefficient (Wildman–Crippen LogP) is 5.02. The van der Waals surface area contributed by atoms with Gasteiger partial charge in [-0.3, -0.25) is 14.5 Å². The maximum absolute atomic E-state index is 14.1. The lowest BCUT2D eigenvalue weighted by atomic mass is 9.88. The van der Waals surface area contributed by atoms with Gasteiger partial charge in [-0.2, -0.15) is 26.3 Å². The van der Waals surface area contributed by atoms with Crippen molar-refractivity contribution in [2.75, 3.05) is 4.90 Å². The van der Waals surface area contributed by atoms with Crippen molar-refractivity contribution in [3.63, 3.8) is 0 Å². The highest BCUT2D eigenvalue weighted by molar-refractivity contribution is 8.03. The van der Waals surface area contributed by atoms with Crippen LogP contribution in [0.1, 0.15) is 10.4 Å². The summed E-state index contributed by atoms with van der Waals surface area (Å²) in [6.07, 6.45) is -11.2. The van der Waals surface area contributed by atoms with Gasteiger partial charge in [0.05, 0.1) is 21.9 Å². The highest BCUT2D eigenvalue weighted by Crippen LogP contribution is 2.57. The molecule has 0 spiro atoms. The summed E-state index contributed by atoms with van der Waals surface area (Å²) in [5.74, 6) is -3.80. The summed E-state index contributed by atoms with van der Waals surface area (Å²) in [5.41, 5.74) is -7.21. The molecule has 11 heteroatoms. The summed E-state index contributed by atoms with van der Waals surface area (Å²) in [6.45, 7) is 0. The van der Waals surface area contributed by atoms with Crippen LogP contribution in [0.4, 0.5) is 32.0 Å². The molecule has 0 bridgehead atoms. The van der Waals surface area contributed by atoms with Crippen molar-refractivity contribution in [3.8, 4) is 0 Å². The Bertz CT molecular complexity index is 1190. The maximum Gasteiger partial charge on any atom is 0.454 e. The number of carbonyl (C=O) groups is 2. The van der Waals surface area contributed by atoms with Gasteiger partial charge < -0.3 is 5.11 Å². The number of benzene rings is 2. The minimum atomic E-state index is -5.73. The summed E-state index contributed by atoms with van der Waals surface area (Å²) < 4.78 is 82.2. The Morgan fingerprint density at radius 3 is 2.09 bits per heavy atom. The molecule has 0 fully saturated rings. The first kappa shape index (κ1) is 22.2. The van der Waals surface area contributed by atoms with Crippen molar-refractivity contribution < 1.29 is 41.0 Å². The van der Waals surface area contributed by atoms with E-state index < -0.39 is 45.8 Å². The molecule has 2 aliphatic heterocycles. The van der Waals surface area contributed by atoms with Crippen LogP contribution in [0, 0.1) is 0 Å². The van der Waals surface area contributed by atoms with Gasteiger partial charge in [0.2, 0.25) is 0 Å². The van der Waals surface area contributed by atoms with Crippen molar-refractivity contribution in [1.82, 2.24) is 0 Å². The Morgan fingerprint density at radius 2 is 1.50 bits per heavy atom. The Morgan fingerprint density at radius 1 is 0.906 bits per heavy atom. The van der Waals surface area contributed by atoms with Gasteiger partial charge in [0, 0.05) is 10.5 Å². The van der Waals surface area contributed by atoms with Crippen LogP contribution in [0.5, 0.6) is 0 Å². The second-order valence-electron chi connectivity index (χ2n) is 6.87. The minimum absolute atomic E-state index is 0.0148. The van der Waals surface area contributed by atoms with E-state index >= 15 is 0 Å². The van der Waals surface area contributed by atoms with Crippen molar-refractivity contribution in [3.05, 3.63) is 82.4 Å². The molecule has 2 heterocycles. The fourth-order valence-corrected chi connectivity index (χ4v) is 4.68. The first-order valence-corrected chi connectivity index (χ1v) is 9.73. The average molecular weight is 471 g/mol. The largest absolute Gasteiger partial charge is 0.454 e. The molecule has 1 atom stereocenters. The number of fused-ring (bicyclic) bond motifs is 3. The van der Waals surface area contributed by atoms with Crippen LogP contribution in [-0.2, 0) is 4.79 Å². The number of rotatable bonds is 3. The topological polar surface area (TPSA) is 57.6 Å². The standard InChI is InChI=1S/C21H11F6NO3S/c22-20(23,24)17(30)13-10-12(16(29)11-6-2-1-3-7-11)18-28(19(13,31)21(25,26)27)14-8-4-5-9-15(14)32-18/h1-10,31H. The van der Waals surface area contributed by atoms with Gasteiger partial charge in [0.15, 0.2) is 5.78 Å². The van der Waals surface area contributed by atoms with Gasteiger partial charge in [-0.25, -0.2) is 0 Å². The van der Waals surface area contributed by atoms with Crippen molar-refractivity contribution in [2.45, 2.75) is 23.0 Å². The smallest absolute Gasteiger partial charge is 0.359 e. The second-order valence-corrected chi connectivity index (χ2v) is 7.90. The molecule has 2 aromatic rings. The minimum Gasteiger partial charge on any atom is -0.359 e. The van der Waals surface area contributed by atoms with Crippen LogP contribution in [0.25, 0.3) is 0 Å². The number of Topliss-reactive ketones (excluding diaryl/α,β-unsaturated/α-hetero) is 2. The Hall–Kier alpha value is -3.05. The van der Waals surface area contributed by atoms with E-state index in [1.807, 2.05) is 0 Å². The fourth-order valence-electron chi connectivity index (χ4n) is 3.47. The fraction of sp³-hybridized carbons (Fsp3) is 0.143. The lowest BCUT2D eigenvalue weighted by molar-refractivity contribution is -0.244. The molecule has 2 aromatic carbocycles. The summed E-state index contributed by atoms with van der Waals surface area (Å²) in [4.78, 5) is 25.5. The first-order valence-electron chi connectivity index (χ1n) is 8.91. The van der Waals surface area contributed by atoms with Crippen molar-refractivity contribution in [1.29, 1.82) is 0 Å². The lowest BCUT2D eigenvalue weighted by Crippen LogP contribution is -2.63. The Kier molecular flexibility index (Phi) is 5.01. The zero-order valence-electron chi connectivity index (χ0n) is 15.7. The lowest BCUT2D eigenvalue weighted by Gasteiger charge is -2.43. The number of halogens is 6. The third-order valence-corrected chi connectivity index (χ3v) is 6.07. The van der Waals surface area contributed by atoms with Gasteiger partial charge in [-0.1, -0.05) is 54.2 Å². The summed E-state index contributed by atoms with van der Waals surface area (Å²) in [6, 6.07) is 12.5. The number of anilines is 1. The molecule has 166 valence electrons. The number of hydrogen-bond donors (Lipinski definition) is 1. The maximum atomic E-state index is 14.1. The summed E-state index contributed by atoms with van der Waals surface area (Å²) in [5, 5.41) is 10.3. The van der Waals surface area contributed by atoms with E-state index in [0.717, 1.165) is 6.07 Å². The van der Waals surface area contributed by atoms with Gasteiger partial charge in [0.1, 0.15) is 0 Å². The van der Waals surface area contributed by atoms with Crippen LogP contribution in [0.3, 0.4) is 0 Å². The molecule has 0 aliphatic carbocycles. The molecule has 0 saturated heterocycles. The van der Waals surface area contributed by atoms with Crippen LogP contribution in [0.15, 0.2) is 81.7 Å². The number of hydrogen-bond acceptors (Lipinski definition) is 5. The van der Waals surface area contributed by atoms with E-state index in [1.165, 1.54) is 42.5 Å². The van der Waals surface area contributed by atoms with Gasteiger partial charge in [-0.05, 0) is 18.2 Å². The molecule has 4 rings (SSSR count).